The third-order valence-electron chi connectivity index (χ3n) is 6.07. The van der Waals surface area contributed by atoms with Crippen LogP contribution in [0.5, 0.6) is 0 Å². The molecule has 2 aliphatic rings. The van der Waals surface area contributed by atoms with Crippen LogP contribution in [0.1, 0.15) is 31.2 Å². The van der Waals surface area contributed by atoms with E-state index in [0.29, 0.717) is 31.6 Å². The molecule has 3 heterocycles. The van der Waals surface area contributed by atoms with Gasteiger partial charge in [0.15, 0.2) is 0 Å². The van der Waals surface area contributed by atoms with Crippen molar-refractivity contribution >= 4 is 27.7 Å². The van der Waals surface area contributed by atoms with E-state index in [-0.39, 0.29) is 29.3 Å². The maximum absolute atomic E-state index is 13.3. The Morgan fingerprint density at radius 1 is 1.24 bits per heavy atom. The Kier molecular flexibility index (Phi) is 6.89. The number of amides is 1. The van der Waals surface area contributed by atoms with Crippen molar-refractivity contribution < 1.29 is 22.7 Å². The second-order valence-corrected chi connectivity index (χ2v) is 10.2. The van der Waals surface area contributed by atoms with E-state index < -0.39 is 16.0 Å². The van der Waals surface area contributed by atoms with Gasteiger partial charge < -0.3 is 4.74 Å². The van der Waals surface area contributed by atoms with Crippen molar-refractivity contribution in [2.75, 3.05) is 25.2 Å². The van der Waals surface area contributed by atoms with Crippen LogP contribution in [0.4, 0.5) is 5.82 Å². The molecule has 4 rings (SSSR count). The average Bonchev–Trinajstić information content (AvgIpc) is 3.48. The maximum Gasteiger partial charge on any atom is 0.321 e. The largest absolute Gasteiger partial charge is 0.468 e. The monoisotopic (exact) mass is 473 g/mol. The van der Waals surface area contributed by atoms with Crippen LogP contribution >= 0.6 is 0 Å². The first-order chi connectivity index (χ1) is 15.9. The molecule has 1 aliphatic carbocycles. The molecule has 10 nitrogen and oxygen atoms in total. The highest BCUT2D eigenvalue weighted by molar-refractivity contribution is 7.89. The van der Waals surface area contributed by atoms with Crippen molar-refractivity contribution in [2.24, 2.45) is 5.92 Å². The standard InChI is InChI=1S/C22H27N5O5S/c1-32-21(28)15-27(18-6-2-3-7-18)33(30,31)19-8-9-20(24-13-19)26-14-17(22(29)25-26)11-16-5-4-10-23-12-16/h4-5,8-10,12-13,17-18H,2-3,6-7,11,14-15H2,1H3,(H,25,29). The zero-order valence-electron chi connectivity index (χ0n) is 18.4. The second-order valence-electron chi connectivity index (χ2n) is 8.27. The molecule has 0 aromatic carbocycles. The number of carbonyl (C=O) groups is 2. The maximum atomic E-state index is 13.3. The van der Waals surface area contributed by atoms with E-state index in [2.05, 4.69) is 15.4 Å². The first kappa shape index (κ1) is 23.1. The Hall–Kier alpha value is -3.05. The van der Waals surface area contributed by atoms with Gasteiger partial charge in [-0.2, -0.15) is 4.31 Å². The molecule has 1 unspecified atom stereocenters. The molecule has 33 heavy (non-hydrogen) atoms. The number of hydrazine groups is 1. The van der Waals surface area contributed by atoms with Gasteiger partial charge in [0, 0.05) is 24.6 Å². The average molecular weight is 474 g/mol. The number of pyridine rings is 2. The van der Waals surface area contributed by atoms with E-state index in [4.69, 9.17) is 4.74 Å². The molecular formula is C22H27N5O5S. The number of sulfonamides is 1. The summed E-state index contributed by atoms with van der Waals surface area (Å²) < 4.78 is 32.5. The number of rotatable bonds is 8. The van der Waals surface area contributed by atoms with Gasteiger partial charge in [-0.25, -0.2) is 13.4 Å². The number of nitrogens with zero attached hydrogens (tertiary/aromatic N) is 4. The predicted molar refractivity (Wildman–Crippen MR) is 119 cm³/mol. The molecule has 0 spiro atoms. The second kappa shape index (κ2) is 9.84. The Morgan fingerprint density at radius 2 is 2.03 bits per heavy atom. The lowest BCUT2D eigenvalue weighted by Gasteiger charge is -2.27. The molecule has 1 N–H and O–H groups in total. The summed E-state index contributed by atoms with van der Waals surface area (Å²) in [6.07, 6.45) is 8.49. The number of esters is 1. The van der Waals surface area contributed by atoms with Crippen LogP contribution in [0.3, 0.4) is 0 Å². The molecule has 0 radical (unpaired) electrons. The smallest absolute Gasteiger partial charge is 0.321 e. The van der Waals surface area contributed by atoms with Crippen LogP contribution in [0.2, 0.25) is 0 Å². The fraction of sp³-hybridized carbons (Fsp3) is 0.455. The molecule has 1 saturated heterocycles. The molecule has 2 aromatic heterocycles. The molecule has 1 saturated carbocycles. The number of nitrogens with one attached hydrogen (secondary N) is 1. The highest BCUT2D eigenvalue weighted by Crippen LogP contribution is 2.29. The summed E-state index contributed by atoms with van der Waals surface area (Å²) in [6.45, 7) is 0.0762. The molecule has 176 valence electrons. The minimum Gasteiger partial charge on any atom is -0.468 e. The van der Waals surface area contributed by atoms with Gasteiger partial charge in [-0.15, -0.1) is 0 Å². The summed E-state index contributed by atoms with van der Waals surface area (Å²) in [5, 5.41) is 1.61. The third kappa shape index (κ3) is 5.14. The zero-order chi connectivity index (χ0) is 23.4. The Bertz CT molecular complexity index is 1090. The topological polar surface area (TPSA) is 122 Å². The summed E-state index contributed by atoms with van der Waals surface area (Å²) in [6, 6.07) is 6.53. The minimum atomic E-state index is -3.93. The van der Waals surface area contributed by atoms with Gasteiger partial charge in [-0.1, -0.05) is 18.9 Å². The number of hydrogen-bond acceptors (Lipinski definition) is 8. The Labute approximate surface area is 193 Å². The number of aromatic nitrogens is 2. The fourth-order valence-corrected chi connectivity index (χ4v) is 5.87. The lowest BCUT2D eigenvalue weighted by Crippen LogP contribution is -2.42. The molecule has 2 aromatic rings. The lowest BCUT2D eigenvalue weighted by molar-refractivity contribution is -0.141. The van der Waals surface area contributed by atoms with Crippen LogP contribution in [0.25, 0.3) is 0 Å². The van der Waals surface area contributed by atoms with Gasteiger partial charge >= 0.3 is 5.97 Å². The summed E-state index contributed by atoms with van der Waals surface area (Å²) >= 11 is 0. The number of ether oxygens (including phenoxy) is 1. The quantitative estimate of drug-likeness (QED) is 0.569. The van der Waals surface area contributed by atoms with Gasteiger partial charge in [-0.05, 0) is 43.0 Å². The van der Waals surface area contributed by atoms with E-state index in [1.807, 2.05) is 12.1 Å². The molecule has 1 amide bonds. The van der Waals surface area contributed by atoms with Crippen molar-refractivity contribution in [3.05, 3.63) is 48.4 Å². The van der Waals surface area contributed by atoms with Crippen LogP contribution in [0, 0.1) is 5.92 Å². The number of hydrogen-bond donors (Lipinski definition) is 1. The van der Waals surface area contributed by atoms with Crippen molar-refractivity contribution in [3.8, 4) is 0 Å². The zero-order valence-corrected chi connectivity index (χ0v) is 19.2. The van der Waals surface area contributed by atoms with Crippen molar-refractivity contribution in [2.45, 2.75) is 43.0 Å². The molecule has 0 bridgehead atoms. The molecule has 1 atom stereocenters. The normalized spacial score (nSPS) is 19.2. The lowest BCUT2D eigenvalue weighted by atomic mass is 10.0. The van der Waals surface area contributed by atoms with Crippen LogP contribution in [-0.4, -0.2) is 60.8 Å². The van der Waals surface area contributed by atoms with E-state index in [9.17, 15) is 18.0 Å². The van der Waals surface area contributed by atoms with Crippen LogP contribution < -0.4 is 10.4 Å². The summed E-state index contributed by atoms with van der Waals surface area (Å²) in [5.74, 6) is -0.550. The van der Waals surface area contributed by atoms with Crippen LogP contribution in [0.15, 0.2) is 47.8 Å². The van der Waals surface area contributed by atoms with E-state index in [0.717, 1.165) is 18.4 Å². The number of carbonyl (C=O) groups excluding carboxylic acids is 2. The van der Waals surface area contributed by atoms with Gasteiger partial charge in [0.2, 0.25) is 15.9 Å². The summed E-state index contributed by atoms with van der Waals surface area (Å²) in [5.41, 5.74) is 3.75. The van der Waals surface area contributed by atoms with E-state index in [1.54, 1.807) is 23.5 Å². The molecule has 11 heteroatoms. The summed E-state index contributed by atoms with van der Waals surface area (Å²) in [7, 11) is -2.69. The third-order valence-corrected chi connectivity index (χ3v) is 7.95. The van der Waals surface area contributed by atoms with Crippen LogP contribution in [-0.2, 0) is 30.8 Å². The fourth-order valence-electron chi connectivity index (χ4n) is 4.30. The molecule has 2 fully saturated rings. The van der Waals surface area contributed by atoms with Crippen molar-refractivity contribution in [1.82, 2.24) is 19.7 Å². The van der Waals surface area contributed by atoms with Gasteiger partial charge in [-0.3, -0.25) is 25.0 Å². The SMILES string of the molecule is COC(=O)CN(C1CCCC1)S(=O)(=O)c1ccc(N2CC(Cc3cccnc3)C(=O)N2)nc1. The molecular weight excluding hydrogens is 446 g/mol. The Balaban J connectivity index is 1.48. The highest BCUT2D eigenvalue weighted by atomic mass is 32.2. The minimum absolute atomic E-state index is 0.000475. The van der Waals surface area contributed by atoms with Gasteiger partial charge in [0.05, 0.1) is 19.6 Å². The number of methoxy groups -OCH3 is 1. The first-order valence-electron chi connectivity index (χ1n) is 10.9. The van der Waals surface area contributed by atoms with Gasteiger partial charge in [0.1, 0.15) is 17.3 Å². The van der Waals surface area contributed by atoms with Crippen molar-refractivity contribution in [3.63, 3.8) is 0 Å². The van der Waals surface area contributed by atoms with E-state index in [1.165, 1.54) is 23.7 Å². The molecule has 1 aliphatic heterocycles. The van der Waals surface area contributed by atoms with Gasteiger partial charge in [0.25, 0.3) is 0 Å². The van der Waals surface area contributed by atoms with E-state index >= 15 is 0 Å². The number of anilines is 1. The highest BCUT2D eigenvalue weighted by Gasteiger charge is 2.36. The Morgan fingerprint density at radius 3 is 2.67 bits per heavy atom. The van der Waals surface area contributed by atoms with Crippen molar-refractivity contribution in [1.29, 1.82) is 0 Å². The first-order valence-corrected chi connectivity index (χ1v) is 12.3. The summed E-state index contributed by atoms with van der Waals surface area (Å²) in [4.78, 5) is 32.7. The predicted octanol–water partition coefficient (Wildman–Crippen LogP) is 1.29.